The van der Waals surface area contributed by atoms with Crippen LogP contribution in [0, 0.1) is 11.8 Å². The molecule has 98 valence electrons. The second kappa shape index (κ2) is 6.42. The summed E-state index contributed by atoms with van der Waals surface area (Å²) in [6, 6.07) is 0.495. The zero-order valence-corrected chi connectivity index (χ0v) is 11.2. The summed E-state index contributed by atoms with van der Waals surface area (Å²) >= 11 is 0. The SMILES string of the molecule is CCCC[C@H]1CCC[C@H]1NC(=O)C1CCCC1. The fourth-order valence-electron chi connectivity index (χ4n) is 3.53. The van der Waals surface area contributed by atoms with Crippen molar-refractivity contribution >= 4 is 5.91 Å². The smallest absolute Gasteiger partial charge is 0.223 e. The quantitative estimate of drug-likeness (QED) is 0.777. The number of nitrogens with one attached hydrogen (secondary N) is 1. The monoisotopic (exact) mass is 237 g/mol. The van der Waals surface area contributed by atoms with E-state index in [-0.39, 0.29) is 0 Å². The first-order chi connectivity index (χ1) is 8.31. The number of rotatable bonds is 5. The van der Waals surface area contributed by atoms with Crippen LogP contribution in [-0.2, 0) is 4.79 Å². The summed E-state index contributed by atoms with van der Waals surface area (Å²) in [5, 5.41) is 3.34. The molecule has 2 nitrogen and oxygen atoms in total. The molecule has 2 atom stereocenters. The summed E-state index contributed by atoms with van der Waals surface area (Å²) in [6.07, 6.45) is 12.5. The van der Waals surface area contributed by atoms with E-state index >= 15 is 0 Å². The highest BCUT2D eigenvalue weighted by atomic mass is 16.1. The third-order valence-corrected chi connectivity index (χ3v) is 4.64. The number of carbonyl (C=O) groups is 1. The molecule has 0 bridgehead atoms. The number of hydrogen-bond donors (Lipinski definition) is 1. The lowest BCUT2D eigenvalue weighted by molar-refractivity contribution is -0.125. The molecule has 0 aromatic carbocycles. The van der Waals surface area contributed by atoms with Gasteiger partial charge in [-0.05, 0) is 38.0 Å². The summed E-state index contributed by atoms with van der Waals surface area (Å²) in [5.74, 6) is 1.46. The van der Waals surface area contributed by atoms with E-state index in [2.05, 4.69) is 12.2 Å². The molecule has 0 heterocycles. The van der Waals surface area contributed by atoms with Gasteiger partial charge >= 0.3 is 0 Å². The summed E-state index contributed by atoms with van der Waals surface area (Å²) < 4.78 is 0. The molecular formula is C15H27NO. The highest BCUT2D eigenvalue weighted by molar-refractivity contribution is 5.79. The van der Waals surface area contributed by atoms with Gasteiger partial charge in [0.25, 0.3) is 0 Å². The highest BCUT2D eigenvalue weighted by Gasteiger charge is 2.30. The molecule has 1 amide bonds. The molecule has 0 aliphatic heterocycles. The topological polar surface area (TPSA) is 29.1 Å². The van der Waals surface area contributed by atoms with Crippen molar-refractivity contribution < 1.29 is 4.79 Å². The molecule has 2 aliphatic carbocycles. The Morgan fingerprint density at radius 2 is 1.88 bits per heavy atom. The van der Waals surface area contributed by atoms with Crippen LogP contribution in [-0.4, -0.2) is 11.9 Å². The van der Waals surface area contributed by atoms with Gasteiger partial charge < -0.3 is 5.32 Å². The summed E-state index contributed by atoms with van der Waals surface area (Å²) in [6.45, 7) is 2.25. The van der Waals surface area contributed by atoms with E-state index in [1.54, 1.807) is 0 Å². The largest absolute Gasteiger partial charge is 0.353 e. The van der Waals surface area contributed by atoms with Crippen LogP contribution in [0.25, 0.3) is 0 Å². The van der Waals surface area contributed by atoms with Crippen molar-refractivity contribution in [3.05, 3.63) is 0 Å². The van der Waals surface area contributed by atoms with Crippen molar-refractivity contribution in [2.45, 2.75) is 77.2 Å². The molecule has 0 radical (unpaired) electrons. The zero-order valence-electron chi connectivity index (χ0n) is 11.2. The molecule has 0 aromatic heterocycles. The Morgan fingerprint density at radius 1 is 1.12 bits per heavy atom. The molecule has 0 saturated heterocycles. The predicted molar refractivity (Wildman–Crippen MR) is 70.8 cm³/mol. The van der Waals surface area contributed by atoms with Crippen molar-refractivity contribution in [1.29, 1.82) is 0 Å². The van der Waals surface area contributed by atoms with Gasteiger partial charge in [0.2, 0.25) is 5.91 Å². The molecule has 2 saturated carbocycles. The van der Waals surface area contributed by atoms with Gasteiger partial charge in [-0.1, -0.05) is 39.0 Å². The molecule has 2 rings (SSSR count). The fourth-order valence-corrected chi connectivity index (χ4v) is 3.53. The molecule has 0 spiro atoms. The first kappa shape index (κ1) is 12.9. The van der Waals surface area contributed by atoms with Crippen LogP contribution in [0.3, 0.4) is 0 Å². The van der Waals surface area contributed by atoms with E-state index in [9.17, 15) is 4.79 Å². The molecule has 0 aromatic rings. The molecule has 17 heavy (non-hydrogen) atoms. The van der Waals surface area contributed by atoms with Gasteiger partial charge in [0.05, 0.1) is 0 Å². The summed E-state index contributed by atoms with van der Waals surface area (Å²) in [5.41, 5.74) is 0. The maximum atomic E-state index is 12.1. The van der Waals surface area contributed by atoms with Gasteiger partial charge in [-0.15, -0.1) is 0 Å². The van der Waals surface area contributed by atoms with Crippen LogP contribution in [0.15, 0.2) is 0 Å². The van der Waals surface area contributed by atoms with Crippen molar-refractivity contribution in [2.75, 3.05) is 0 Å². The van der Waals surface area contributed by atoms with E-state index in [4.69, 9.17) is 0 Å². The lowest BCUT2D eigenvalue weighted by Gasteiger charge is -2.22. The Bertz CT molecular complexity index is 245. The first-order valence-corrected chi connectivity index (χ1v) is 7.61. The van der Waals surface area contributed by atoms with Crippen LogP contribution >= 0.6 is 0 Å². The van der Waals surface area contributed by atoms with Crippen molar-refractivity contribution in [1.82, 2.24) is 5.32 Å². The van der Waals surface area contributed by atoms with Crippen LogP contribution in [0.1, 0.15) is 71.1 Å². The third kappa shape index (κ3) is 3.46. The first-order valence-electron chi connectivity index (χ1n) is 7.61. The maximum Gasteiger partial charge on any atom is 0.223 e. The lowest BCUT2D eigenvalue weighted by atomic mass is 9.96. The minimum atomic E-state index is 0.336. The standard InChI is InChI=1S/C15H27NO/c1-2-3-7-12-10-6-11-14(12)16-15(17)13-8-4-5-9-13/h12-14H,2-11H2,1H3,(H,16,17)/t12-,14+/m0/s1. The van der Waals surface area contributed by atoms with Crippen molar-refractivity contribution in [2.24, 2.45) is 11.8 Å². The Labute approximate surface area is 106 Å². The second-order valence-corrected chi connectivity index (χ2v) is 5.93. The Hall–Kier alpha value is -0.530. The molecule has 2 aliphatic rings. The van der Waals surface area contributed by atoms with Crippen LogP contribution in [0.5, 0.6) is 0 Å². The van der Waals surface area contributed by atoms with Gasteiger partial charge in [-0.3, -0.25) is 4.79 Å². The minimum absolute atomic E-state index is 0.336. The zero-order chi connectivity index (χ0) is 12.1. The van der Waals surface area contributed by atoms with Crippen molar-refractivity contribution in [3.63, 3.8) is 0 Å². The number of amides is 1. The van der Waals surface area contributed by atoms with Gasteiger partial charge in [0.15, 0.2) is 0 Å². The Morgan fingerprint density at radius 3 is 2.59 bits per heavy atom. The molecular weight excluding hydrogens is 210 g/mol. The number of unbranched alkanes of at least 4 members (excludes halogenated alkanes) is 1. The normalized spacial score (nSPS) is 29.7. The maximum absolute atomic E-state index is 12.1. The van der Waals surface area contributed by atoms with Crippen LogP contribution < -0.4 is 5.32 Å². The minimum Gasteiger partial charge on any atom is -0.353 e. The number of carbonyl (C=O) groups excluding carboxylic acids is 1. The molecule has 2 fully saturated rings. The third-order valence-electron chi connectivity index (χ3n) is 4.64. The lowest BCUT2D eigenvalue weighted by Crippen LogP contribution is -2.40. The van der Waals surface area contributed by atoms with Gasteiger partial charge in [-0.2, -0.15) is 0 Å². The molecule has 2 heteroatoms. The molecule has 1 N–H and O–H groups in total. The second-order valence-electron chi connectivity index (χ2n) is 5.93. The van der Waals surface area contributed by atoms with Gasteiger partial charge in [0.1, 0.15) is 0 Å². The number of hydrogen-bond acceptors (Lipinski definition) is 1. The average Bonchev–Trinajstić information content (AvgIpc) is 2.97. The summed E-state index contributed by atoms with van der Waals surface area (Å²) in [7, 11) is 0. The van der Waals surface area contributed by atoms with Gasteiger partial charge in [-0.25, -0.2) is 0 Å². The van der Waals surface area contributed by atoms with E-state index in [1.165, 1.54) is 51.4 Å². The Balaban J connectivity index is 1.78. The summed E-state index contributed by atoms with van der Waals surface area (Å²) in [4.78, 5) is 12.1. The van der Waals surface area contributed by atoms with Gasteiger partial charge in [0, 0.05) is 12.0 Å². The molecule has 0 unspecified atom stereocenters. The van der Waals surface area contributed by atoms with E-state index in [0.29, 0.717) is 17.9 Å². The van der Waals surface area contributed by atoms with E-state index in [0.717, 1.165) is 18.8 Å². The Kier molecular flexibility index (Phi) is 4.87. The highest BCUT2D eigenvalue weighted by Crippen LogP contribution is 2.31. The van der Waals surface area contributed by atoms with E-state index < -0.39 is 0 Å². The van der Waals surface area contributed by atoms with Crippen LogP contribution in [0.2, 0.25) is 0 Å². The van der Waals surface area contributed by atoms with Crippen LogP contribution in [0.4, 0.5) is 0 Å². The predicted octanol–water partition coefficient (Wildman–Crippen LogP) is 3.65. The van der Waals surface area contributed by atoms with Crippen molar-refractivity contribution in [3.8, 4) is 0 Å². The fraction of sp³-hybridized carbons (Fsp3) is 0.933. The van der Waals surface area contributed by atoms with E-state index in [1.807, 2.05) is 0 Å². The average molecular weight is 237 g/mol.